The zero-order valence-electron chi connectivity index (χ0n) is 9.68. The number of carbonyl (C=O) groups excluding carboxylic acids is 1. The second kappa shape index (κ2) is 5.86. The minimum atomic E-state index is -0.458. The van der Waals surface area contributed by atoms with Crippen LogP contribution >= 0.6 is 11.8 Å². The Labute approximate surface area is 104 Å². The first-order valence-electron chi connectivity index (χ1n) is 5.54. The Morgan fingerprint density at radius 3 is 2.94 bits per heavy atom. The van der Waals surface area contributed by atoms with Crippen molar-refractivity contribution >= 4 is 23.5 Å². The SMILES string of the molecule is COC(=O)c1cncc(NC2CCSCC2)n1. The van der Waals surface area contributed by atoms with E-state index in [1.54, 1.807) is 6.20 Å². The molecule has 0 spiro atoms. The Morgan fingerprint density at radius 1 is 1.47 bits per heavy atom. The lowest BCUT2D eigenvalue weighted by molar-refractivity contribution is 0.0593. The number of thioether (sulfide) groups is 1. The number of anilines is 1. The Bertz CT molecular complexity index is 394. The fourth-order valence-electron chi connectivity index (χ4n) is 1.69. The first-order chi connectivity index (χ1) is 8.29. The number of hydrogen-bond donors (Lipinski definition) is 1. The molecule has 0 bridgehead atoms. The number of esters is 1. The molecule has 0 radical (unpaired) electrons. The zero-order chi connectivity index (χ0) is 12.1. The van der Waals surface area contributed by atoms with Crippen LogP contribution in [0.1, 0.15) is 23.3 Å². The molecular weight excluding hydrogens is 238 g/mol. The molecule has 1 aliphatic heterocycles. The van der Waals surface area contributed by atoms with E-state index in [0.717, 1.165) is 12.8 Å². The summed E-state index contributed by atoms with van der Waals surface area (Å²) in [6, 6.07) is 0.429. The van der Waals surface area contributed by atoms with Gasteiger partial charge in [-0.2, -0.15) is 11.8 Å². The standard InChI is InChI=1S/C11H15N3O2S/c1-16-11(15)9-6-12-7-10(14-9)13-8-2-4-17-5-3-8/h6-8H,2-5H2,1H3,(H,13,14). The Balaban J connectivity index is 2.02. The topological polar surface area (TPSA) is 64.1 Å². The fraction of sp³-hybridized carbons (Fsp3) is 0.545. The van der Waals surface area contributed by atoms with Crippen molar-refractivity contribution in [3.63, 3.8) is 0 Å². The average molecular weight is 253 g/mol. The number of ether oxygens (including phenoxy) is 1. The summed E-state index contributed by atoms with van der Waals surface area (Å²) >= 11 is 1.97. The molecular formula is C11H15N3O2S. The van der Waals surface area contributed by atoms with Crippen LogP contribution in [0.25, 0.3) is 0 Å². The largest absolute Gasteiger partial charge is 0.464 e. The van der Waals surface area contributed by atoms with Crippen molar-refractivity contribution in [1.29, 1.82) is 0 Å². The van der Waals surface area contributed by atoms with Gasteiger partial charge in [-0.15, -0.1) is 0 Å². The molecule has 2 heterocycles. The zero-order valence-corrected chi connectivity index (χ0v) is 10.5. The smallest absolute Gasteiger partial charge is 0.358 e. The highest BCUT2D eigenvalue weighted by Crippen LogP contribution is 2.19. The van der Waals surface area contributed by atoms with Gasteiger partial charge in [0.25, 0.3) is 0 Å². The van der Waals surface area contributed by atoms with Crippen LogP contribution in [0, 0.1) is 0 Å². The maximum absolute atomic E-state index is 11.3. The van der Waals surface area contributed by atoms with Crippen LogP contribution in [0.2, 0.25) is 0 Å². The van der Waals surface area contributed by atoms with Crippen molar-refractivity contribution < 1.29 is 9.53 Å². The molecule has 1 aliphatic rings. The molecule has 0 atom stereocenters. The van der Waals surface area contributed by atoms with E-state index in [-0.39, 0.29) is 5.69 Å². The lowest BCUT2D eigenvalue weighted by Crippen LogP contribution is -2.25. The summed E-state index contributed by atoms with van der Waals surface area (Å²) in [6.07, 6.45) is 5.28. The normalized spacial score (nSPS) is 16.5. The van der Waals surface area contributed by atoms with Gasteiger partial charge in [0.2, 0.25) is 0 Å². The van der Waals surface area contributed by atoms with Gasteiger partial charge in [0.1, 0.15) is 5.82 Å². The second-order valence-electron chi connectivity index (χ2n) is 3.81. The lowest BCUT2D eigenvalue weighted by atomic mass is 10.1. The molecule has 1 aromatic rings. The molecule has 0 unspecified atom stereocenters. The number of rotatable bonds is 3. The van der Waals surface area contributed by atoms with E-state index in [1.807, 2.05) is 11.8 Å². The lowest BCUT2D eigenvalue weighted by Gasteiger charge is -2.22. The Morgan fingerprint density at radius 2 is 2.24 bits per heavy atom. The van der Waals surface area contributed by atoms with Gasteiger partial charge in [-0.05, 0) is 24.3 Å². The first-order valence-corrected chi connectivity index (χ1v) is 6.69. The van der Waals surface area contributed by atoms with Crippen molar-refractivity contribution in [3.8, 4) is 0 Å². The minimum Gasteiger partial charge on any atom is -0.464 e. The van der Waals surface area contributed by atoms with Gasteiger partial charge in [0.15, 0.2) is 5.69 Å². The summed E-state index contributed by atoms with van der Waals surface area (Å²) in [7, 11) is 1.34. The van der Waals surface area contributed by atoms with Crippen molar-refractivity contribution in [1.82, 2.24) is 9.97 Å². The summed E-state index contributed by atoms with van der Waals surface area (Å²) in [4.78, 5) is 19.5. The molecule has 0 saturated carbocycles. The predicted octanol–water partition coefficient (Wildman–Crippen LogP) is 1.57. The number of carbonyl (C=O) groups is 1. The van der Waals surface area contributed by atoms with E-state index in [0.29, 0.717) is 11.9 Å². The minimum absolute atomic E-state index is 0.239. The molecule has 1 fully saturated rings. The maximum atomic E-state index is 11.3. The number of aromatic nitrogens is 2. The number of nitrogens with one attached hydrogen (secondary N) is 1. The van der Waals surface area contributed by atoms with Crippen LogP contribution in [0.15, 0.2) is 12.4 Å². The van der Waals surface area contributed by atoms with Crippen LogP contribution < -0.4 is 5.32 Å². The highest BCUT2D eigenvalue weighted by molar-refractivity contribution is 7.99. The van der Waals surface area contributed by atoms with Crippen LogP contribution in [0.4, 0.5) is 5.82 Å². The van der Waals surface area contributed by atoms with Gasteiger partial charge in [0.05, 0.1) is 19.5 Å². The van der Waals surface area contributed by atoms with Gasteiger partial charge < -0.3 is 10.1 Å². The third kappa shape index (κ3) is 3.33. The van der Waals surface area contributed by atoms with Gasteiger partial charge >= 0.3 is 5.97 Å². The summed E-state index contributed by atoms with van der Waals surface area (Å²) < 4.78 is 4.61. The molecule has 0 amide bonds. The Hall–Kier alpha value is -1.30. The summed E-state index contributed by atoms with van der Waals surface area (Å²) in [5.74, 6) is 2.52. The number of nitrogens with zero attached hydrogens (tertiary/aromatic N) is 2. The van der Waals surface area contributed by atoms with Crippen molar-refractivity contribution in [2.24, 2.45) is 0 Å². The molecule has 17 heavy (non-hydrogen) atoms. The average Bonchev–Trinajstić information content (AvgIpc) is 2.39. The summed E-state index contributed by atoms with van der Waals surface area (Å²) in [6.45, 7) is 0. The molecule has 1 aromatic heterocycles. The van der Waals surface area contributed by atoms with Gasteiger partial charge in [0, 0.05) is 6.04 Å². The van der Waals surface area contributed by atoms with Crippen molar-refractivity contribution in [2.45, 2.75) is 18.9 Å². The van der Waals surface area contributed by atoms with Crippen molar-refractivity contribution in [2.75, 3.05) is 23.9 Å². The molecule has 5 nitrogen and oxygen atoms in total. The molecule has 0 aromatic carbocycles. The molecule has 1 N–H and O–H groups in total. The van der Waals surface area contributed by atoms with Crippen LogP contribution in [0.5, 0.6) is 0 Å². The van der Waals surface area contributed by atoms with Gasteiger partial charge in [-0.1, -0.05) is 0 Å². The third-order valence-corrected chi connectivity index (χ3v) is 3.65. The predicted molar refractivity (Wildman–Crippen MR) is 67.3 cm³/mol. The van der Waals surface area contributed by atoms with Gasteiger partial charge in [-0.25, -0.2) is 9.78 Å². The van der Waals surface area contributed by atoms with Crippen molar-refractivity contribution in [3.05, 3.63) is 18.1 Å². The Kier molecular flexibility index (Phi) is 4.19. The van der Waals surface area contributed by atoms with Crippen LogP contribution in [-0.2, 0) is 4.74 Å². The van der Waals surface area contributed by atoms with Crippen LogP contribution in [0.3, 0.4) is 0 Å². The fourth-order valence-corrected chi connectivity index (χ4v) is 2.80. The molecule has 1 saturated heterocycles. The summed E-state index contributed by atoms with van der Waals surface area (Å²) in [5.41, 5.74) is 0.239. The maximum Gasteiger partial charge on any atom is 0.358 e. The molecule has 2 rings (SSSR count). The van der Waals surface area contributed by atoms with E-state index in [9.17, 15) is 4.79 Å². The first kappa shape index (κ1) is 12.2. The summed E-state index contributed by atoms with van der Waals surface area (Å²) in [5, 5.41) is 3.31. The van der Waals surface area contributed by atoms with E-state index >= 15 is 0 Å². The second-order valence-corrected chi connectivity index (χ2v) is 5.04. The molecule has 92 valence electrons. The van der Waals surface area contributed by atoms with E-state index < -0.39 is 5.97 Å². The molecule has 6 heteroatoms. The van der Waals surface area contributed by atoms with E-state index in [4.69, 9.17) is 0 Å². The quantitative estimate of drug-likeness (QED) is 0.825. The van der Waals surface area contributed by atoms with Gasteiger partial charge in [-0.3, -0.25) is 4.98 Å². The van der Waals surface area contributed by atoms with Crippen LogP contribution in [-0.4, -0.2) is 40.6 Å². The number of methoxy groups -OCH3 is 1. The van der Waals surface area contributed by atoms with E-state index in [2.05, 4.69) is 20.0 Å². The number of hydrogen-bond acceptors (Lipinski definition) is 6. The highest BCUT2D eigenvalue weighted by Gasteiger charge is 2.15. The van der Waals surface area contributed by atoms with E-state index in [1.165, 1.54) is 24.8 Å². The molecule has 0 aliphatic carbocycles. The monoisotopic (exact) mass is 253 g/mol. The highest BCUT2D eigenvalue weighted by atomic mass is 32.2. The third-order valence-electron chi connectivity index (χ3n) is 2.60.